The first kappa shape index (κ1) is 21.5. The number of amides is 1. The third kappa shape index (κ3) is 4.76. The van der Waals surface area contributed by atoms with Crippen molar-refractivity contribution < 1.29 is 19.1 Å². The maximum atomic E-state index is 13.4. The molecule has 0 aliphatic heterocycles. The lowest BCUT2D eigenvalue weighted by atomic mass is 10.0. The van der Waals surface area contributed by atoms with Crippen molar-refractivity contribution in [2.75, 3.05) is 5.32 Å². The third-order valence-corrected chi connectivity index (χ3v) is 5.91. The van der Waals surface area contributed by atoms with E-state index in [0.29, 0.717) is 17.1 Å². The number of aromatic nitrogens is 1. The summed E-state index contributed by atoms with van der Waals surface area (Å²) in [6.07, 6.45) is 0.313. The number of hydrogen-bond acceptors (Lipinski definition) is 5. The summed E-state index contributed by atoms with van der Waals surface area (Å²) in [7, 11) is 0. The van der Waals surface area contributed by atoms with Gasteiger partial charge in [-0.1, -0.05) is 42.5 Å². The molecule has 1 aromatic heterocycles. The van der Waals surface area contributed by atoms with Crippen LogP contribution in [0.5, 0.6) is 0 Å². The third-order valence-electron chi connectivity index (χ3n) is 4.98. The molecule has 162 valence electrons. The number of carbonyl (C=O) groups is 2. The van der Waals surface area contributed by atoms with Crippen molar-refractivity contribution in [1.29, 1.82) is 0 Å². The van der Waals surface area contributed by atoms with E-state index >= 15 is 0 Å². The highest BCUT2D eigenvalue weighted by Crippen LogP contribution is 2.30. The van der Waals surface area contributed by atoms with Crippen molar-refractivity contribution in [3.05, 3.63) is 78.1 Å². The van der Waals surface area contributed by atoms with Gasteiger partial charge in [-0.15, -0.1) is 0 Å². The molecule has 3 N–H and O–H groups in total. The van der Waals surface area contributed by atoms with Crippen LogP contribution in [0.3, 0.4) is 0 Å². The van der Waals surface area contributed by atoms with E-state index in [0.717, 1.165) is 27.0 Å². The highest BCUT2D eigenvalue weighted by atomic mass is 32.1. The SMILES string of the molecule is CC[C@H](NC(=O)c1ccc(-c2ccc(Nc3nc4ccc(F)cc4s3)cc2)cc1)C(=O)O. The van der Waals surface area contributed by atoms with Gasteiger partial charge in [0, 0.05) is 11.3 Å². The second-order valence-electron chi connectivity index (χ2n) is 7.18. The van der Waals surface area contributed by atoms with Gasteiger partial charge in [0.1, 0.15) is 11.9 Å². The largest absolute Gasteiger partial charge is 0.480 e. The van der Waals surface area contributed by atoms with E-state index < -0.39 is 17.9 Å². The van der Waals surface area contributed by atoms with E-state index in [2.05, 4.69) is 15.6 Å². The molecule has 32 heavy (non-hydrogen) atoms. The minimum atomic E-state index is -1.05. The van der Waals surface area contributed by atoms with Gasteiger partial charge in [-0.05, 0) is 60.0 Å². The normalized spacial score (nSPS) is 11.8. The average molecular weight is 450 g/mol. The number of fused-ring (bicyclic) bond motifs is 1. The van der Waals surface area contributed by atoms with E-state index in [1.54, 1.807) is 25.1 Å². The first-order valence-electron chi connectivity index (χ1n) is 10.00. The molecule has 0 radical (unpaired) electrons. The molecule has 4 aromatic rings. The van der Waals surface area contributed by atoms with Gasteiger partial charge in [0.05, 0.1) is 10.2 Å². The van der Waals surface area contributed by atoms with E-state index in [1.807, 2.05) is 36.4 Å². The molecular weight excluding hydrogens is 429 g/mol. The van der Waals surface area contributed by atoms with Crippen molar-refractivity contribution in [2.24, 2.45) is 0 Å². The Labute approximate surface area is 187 Å². The predicted octanol–water partition coefficient (Wildman–Crippen LogP) is 5.44. The molecule has 0 bridgehead atoms. The van der Waals surface area contributed by atoms with Crippen molar-refractivity contribution in [2.45, 2.75) is 19.4 Å². The molecular formula is C24H20FN3O3S. The number of carbonyl (C=O) groups excluding carboxylic acids is 1. The summed E-state index contributed by atoms with van der Waals surface area (Å²) in [5.41, 5.74) is 3.88. The van der Waals surface area contributed by atoms with Crippen LogP contribution >= 0.6 is 11.3 Å². The van der Waals surface area contributed by atoms with Crippen molar-refractivity contribution in [3.8, 4) is 11.1 Å². The molecule has 0 unspecified atom stereocenters. The molecule has 1 atom stereocenters. The molecule has 1 heterocycles. The summed E-state index contributed by atoms with van der Waals surface area (Å²) < 4.78 is 14.1. The Balaban J connectivity index is 1.44. The lowest BCUT2D eigenvalue weighted by molar-refractivity contribution is -0.139. The maximum absolute atomic E-state index is 13.4. The van der Waals surface area contributed by atoms with Gasteiger partial charge in [0.25, 0.3) is 5.91 Å². The number of thiazole rings is 1. The number of carboxylic acid groups (broad SMARTS) is 1. The minimum absolute atomic E-state index is 0.285. The Morgan fingerprint density at radius 2 is 1.69 bits per heavy atom. The van der Waals surface area contributed by atoms with Crippen LogP contribution in [-0.2, 0) is 4.79 Å². The lowest BCUT2D eigenvalue weighted by Crippen LogP contribution is -2.40. The standard InChI is InChI=1S/C24H20FN3O3S/c1-2-19(23(30)31)27-22(29)16-5-3-14(4-6-16)15-7-10-18(11-8-15)26-24-28-20-12-9-17(25)13-21(20)32-24/h3-13,19H,2H2,1H3,(H,26,28)(H,27,29)(H,30,31)/t19-/m0/s1. The quantitative estimate of drug-likeness (QED) is 0.350. The molecule has 8 heteroatoms. The van der Waals surface area contributed by atoms with E-state index in [9.17, 15) is 14.0 Å². The van der Waals surface area contributed by atoms with Gasteiger partial charge in [0.2, 0.25) is 0 Å². The summed E-state index contributed by atoms with van der Waals surface area (Å²) in [5.74, 6) is -1.75. The zero-order chi connectivity index (χ0) is 22.7. The van der Waals surface area contributed by atoms with E-state index in [-0.39, 0.29) is 5.82 Å². The minimum Gasteiger partial charge on any atom is -0.480 e. The van der Waals surface area contributed by atoms with Crippen molar-refractivity contribution >= 4 is 44.2 Å². The molecule has 0 spiro atoms. The summed E-state index contributed by atoms with van der Waals surface area (Å²) >= 11 is 1.38. The first-order chi connectivity index (χ1) is 15.4. The Morgan fingerprint density at radius 3 is 2.31 bits per heavy atom. The van der Waals surface area contributed by atoms with Gasteiger partial charge < -0.3 is 15.7 Å². The monoisotopic (exact) mass is 449 g/mol. The van der Waals surface area contributed by atoms with Gasteiger partial charge in [-0.3, -0.25) is 4.79 Å². The van der Waals surface area contributed by atoms with Crippen LogP contribution in [0.2, 0.25) is 0 Å². The Morgan fingerprint density at radius 1 is 1.03 bits per heavy atom. The predicted molar refractivity (Wildman–Crippen MR) is 124 cm³/mol. The van der Waals surface area contributed by atoms with Crippen LogP contribution in [0, 0.1) is 5.82 Å². The van der Waals surface area contributed by atoms with Gasteiger partial charge in [-0.2, -0.15) is 0 Å². The number of aliphatic carboxylic acids is 1. The first-order valence-corrected chi connectivity index (χ1v) is 10.8. The van der Waals surface area contributed by atoms with Crippen molar-refractivity contribution in [3.63, 3.8) is 0 Å². The molecule has 1 amide bonds. The number of halogens is 1. The summed E-state index contributed by atoms with van der Waals surface area (Å²) in [6, 6.07) is 18.3. The number of hydrogen-bond donors (Lipinski definition) is 3. The number of anilines is 2. The van der Waals surface area contributed by atoms with Crippen LogP contribution in [0.1, 0.15) is 23.7 Å². The van der Waals surface area contributed by atoms with Gasteiger partial charge >= 0.3 is 5.97 Å². The molecule has 4 rings (SSSR count). The molecule has 6 nitrogen and oxygen atoms in total. The maximum Gasteiger partial charge on any atom is 0.326 e. The van der Waals surface area contributed by atoms with E-state index in [4.69, 9.17) is 5.11 Å². The van der Waals surface area contributed by atoms with Crippen LogP contribution in [0.25, 0.3) is 21.3 Å². The Hall–Kier alpha value is -3.78. The van der Waals surface area contributed by atoms with Crippen molar-refractivity contribution in [1.82, 2.24) is 10.3 Å². The second kappa shape index (κ2) is 9.15. The molecule has 0 saturated carbocycles. The molecule has 0 saturated heterocycles. The number of benzene rings is 3. The number of nitrogens with one attached hydrogen (secondary N) is 2. The zero-order valence-electron chi connectivity index (χ0n) is 17.1. The topological polar surface area (TPSA) is 91.3 Å². The fraction of sp³-hybridized carbons (Fsp3) is 0.125. The van der Waals surface area contributed by atoms with Crippen LogP contribution < -0.4 is 10.6 Å². The summed E-state index contributed by atoms with van der Waals surface area (Å²) in [4.78, 5) is 27.8. The number of rotatable bonds is 7. The number of nitrogens with zero attached hydrogens (tertiary/aromatic N) is 1. The molecule has 0 aliphatic rings. The second-order valence-corrected chi connectivity index (χ2v) is 8.21. The average Bonchev–Trinajstić information content (AvgIpc) is 3.19. The zero-order valence-corrected chi connectivity index (χ0v) is 17.9. The molecule has 0 aliphatic carbocycles. The Bertz CT molecular complexity index is 1270. The van der Waals surface area contributed by atoms with Crippen LogP contribution in [-0.4, -0.2) is 28.0 Å². The lowest BCUT2D eigenvalue weighted by Gasteiger charge is -2.12. The van der Waals surface area contributed by atoms with Gasteiger partial charge in [0.15, 0.2) is 5.13 Å². The van der Waals surface area contributed by atoms with Gasteiger partial charge in [-0.25, -0.2) is 14.2 Å². The molecule has 0 fully saturated rings. The summed E-state index contributed by atoms with van der Waals surface area (Å²) in [5, 5.41) is 15.5. The fourth-order valence-corrected chi connectivity index (χ4v) is 4.13. The van der Waals surface area contributed by atoms with Crippen LogP contribution in [0.15, 0.2) is 66.7 Å². The summed E-state index contributed by atoms with van der Waals surface area (Å²) in [6.45, 7) is 1.71. The van der Waals surface area contributed by atoms with Crippen LogP contribution in [0.4, 0.5) is 15.2 Å². The Kier molecular flexibility index (Phi) is 6.13. The highest BCUT2D eigenvalue weighted by molar-refractivity contribution is 7.22. The van der Waals surface area contributed by atoms with E-state index in [1.165, 1.54) is 23.5 Å². The number of carboxylic acids is 1. The molecule has 3 aromatic carbocycles. The smallest absolute Gasteiger partial charge is 0.326 e. The highest BCUT2D eigenvalue weighted by Gasteiger charge is 2.18. The fourth-order valence-electron chi connectivity index (χ4n) is 3.22.